The number of halogens is 1. The summed E-state index contributed by atoms with van der Waals surface area (Å²) in [7, 11) is 0. The summed E-state index contributed by atoms with van der Waals surface area (Å²) in [6, 6.07) is 13.1. The monoisotopic (exact) mass is 440 g/mol. The number of hydrogen-bond acceptors (Lipinski definition) is 5. The second-order valence-corrected chi connectivity index (χ2v) is 7.04. The average Bonchev–Trinajstić information content (AvgIpc) is 2.75. The molecule has 0 bridgehead atoms. The number of H-pyrrole nitrogens is 1. The summed E-state index contributed by atoms with van der Waals surface area (Å²) in [5.41, 5.74) is -0.210. The SMILES string of the molecule is CCC(=O)Nc1ccccc1N=C(CC)c1c(O)n(-c2ccc(Cl)cc2)c(=O)[nH]c1=O. The zero-order valence-electron chi connectivity index (χ0n) is 17.0. The smallest absolute Gasteiger partial charge is 0.335 e. The molecule has 0 spiro atoms. The molecule has 2 aromatic carbocycles. The highest BCUT2D eigenvalue weighted by Gasteiger charge is 2.20. The molecule has 0 unspecified atom stereocenters. The van der Waals surface area contributed by atoms with Crippen LogP contribution in [-0.2, 0) is 4.79 Å². The van der Waals surface area contributed by atoms with Crippen molar-refractivity contribution in [1.82, 2.24) is 9.55 Å². The number of hydrogen-bond donors (Lipinski definition) is 3. The van der Waals surface area contributed by atoms with Crippen LogP contribution in [0.4, 0.5) is 11.4 Å². The van der Waals surface area contributed by atoms with Crippen LogP contribution in [0.1, 0.15) is 32.3 Å². The number of aromatic amines is 1. The number of anilines is 1. The predicted molar refractivity (Wildman–Crippen MR) is 121 cm³/mol. The van der Waals surface area contributed by atoms with Gasteiger partial charge in [-0.3, -0.25) is 19.6 Å². The molecule has 0 fully saturated rings. The van der Waals surface area contributed by atoms with Crippen LogP contribution in [0.15, 0.2) is 63.1 Å². The van der Waals surface area contributed by atoms with Crippen LogP contribution in [0.25, 0.3) is 5.69 Å². The van der Waals surface area contributed by atoms with Crippen molar-refractivity contribution in [2.45, 2.75) is 26.7 Å². The van der Waals surface area contributed by atoms with Crippen LogP contribution in [0, 0.1) is 0 Å². The second-order valence-electron chi connectivity index (χ2n) is 6.60. The van der Waals surface area contributed by atoms with Crippen LogP contribution in [0.3, 0.4) is 0 Å². The predicted octanol–water partition coefficient (Wildman–Crippen LogP) is 3.76. The van der Waals surface area contributed by atoms with Gasteiger partial charge in [0.05, 0.1) is 22.8 Å². The topological polar surface area (TPSA) is 117 Å². The molecule has 31 heavy (non-hydrogen) atoms. The largest absolute Gasteiger partial charge is 0.493 e. The van der Waals surface area contributed by atoms with Crippen LogP contribution >= 0.6 is 11.6 Å². The van der Waals surface area contributed by atoms with Gasteiger partial charge in [-0.1, -0.05) is 37.6 Å². The number of carbonyl (C=O) groups excluding carboxylic acids is 1. The molecule has 3 rings (SSSR count). The highest BCUT2D eigenvalue weighted by molar-refractivity contribution is 6.30. The van der Waals surface area contributed by atoms with Crippen molar-refractivity contribution in [3.8, 4) is 11.6 Å². The van der Waals surface area contributed by atoms with E-state index in [0.717, 1.165) is 4.57 Å². The summed E-state index contributed by atoms with van der Waals surface area (Å²) in [6.45, 7) is 3.50. The molecule has 3 N–H and O–H groups in total. The molecule has 0 saturated heterocycles. The van der Waals surface area contributed by atoms with E-state index in [1.165, 1.54) is 0 Å². The summed E-state index contributed by atoms with van der Waals surface area (Å²) in [5, 5.41) is 14.1. The number of amides is 1. The first-order valence-electron chi connectivity index (χ1n) is 9.66. The normalized spacial score (nSPS) is 11.4. The molecule has 0 aliphatic heterocycles. The number of para-hydroxylation sites is 2. The Balaban J connectivity index is 2.19. The van der Waals surface area contributed by atoms with E-state index in [0.29, 0.717) is 28.5 Å². The number of carbonyl (C=O) groups is 1. The van der Waals surface area contributed by atoms with Crippen molar-refractivity contribution in [2.24, 2.45) is 4.99 Å². The Morgan fingerprint density at radius 2 is 1.77 bits per heavy atom. The van der Waals surface area contributed by atoms with Gasteiger partial charge in [-0.15, -0.1) is 0 Å². The van der Waals surface area contributed by atoms with E-state index in [4.69, 9.17) is 11.6 Å². The van der Waals surface area contributed by atoms with E-state index in [1.54, 1.807) is 62.4 Å². The van der Waals surface area contributed by atoms with E-state index >= 15 is 0 Å². The lowest BCUT2D eigenvalue weighted by Gasteiger charge is -2.13. The van der Waals surface area contributed by atoms with Gasteiger partial charge in [0.2, 0.25) is 11.8 Å². The van der Waals surface area contributed by atoms with E-state index in [9.17, 15) is 19.5 Å². The second kappa shape index (κ2) is 9.44. The van der Waals surface area contributed by atoms with E-state index in [1.807, 2.05) is 0 Å². The lowest BCUT2D eigenvalue weighted by molar-refractivity contribution is -0.115. The highest BCUT2D eigenvalue weighted by atomic mass is 35.5. The zero-order chi connectivity index (χ0) is 22.5. The molecule has 0 aliphatic carbocycles. The van der Waals surface area contributed by atoms with Crippen molar-refractivity contribution >= 4 is 34.6 Å². The molecule has 3 aromatic rings. The number of aliphatic imine (C=N–C) groups is 1. The lowest BCUT2D eigenvalue weighted by Crippen LogP contribution is -2.33. The Kier molecular flexibility index (Phi) is 6.71. The molecule has 0 aliphatic rings. The third kappa shape index (κ3) is 4.75. The van der Waals surface area contributed by atoms with Crippen LogP contribution in [-0.4, -0.2) is 26.3 Å². The van der Waals surface area contributed by atoms with Gasteiger partial charge in [-0.05, 0) is 42.8 Å². The molecule has 0 saturated carbocycles. The molecule has 0 atom stereocenters. The Morgan fingerprint density at radius 1 is 1.10 bits per heavy atom. The maximum absolute atomic E-state index is 12.6. The lowest BCUT2D eigenvalue weighted by atomic mass is 10.1. The summed E-state index contributed by atoms with van der Waals surface area (Å²) < 4.78 is 0.975. The summed E-state index contributed by atoms with van der Waals surface area (Å²) in [6.07, 6.45) is 0.580. The number of nitrogens with zero attached hydrogens (tertiary/aromatic N) is 2. The Morgan fingerprint density at radius 3 is 2.42 bits per heavy atom. The fourth-order valence-electron chi connectivity index (χ4n) is 2.99. The van der Waals surface area contributed by atoms with Gasteiger partial charge in [-0.2, -0.15) is 0 Å². The third-order valence-corrected chi connectivity index (χ3v) is 4.80. The van der Waals surface area contributed by atoms with Gasteiger partial charge < -0.3 is 10.4 Å². The van der Waals surface area contributed by atoms with Crippen LogP contribution in [0.5, 0.6) is 5.88 Å². The first-order valence-corrected chi connectivity index (χ1v) is 10.0. The fourth-order valence-corrected chi connectivity index (χ4v) is 3.11. The molecule has 160 valence electrons. The van der Waals surface area contributed by atoms with E-state index in [2.05, 4.69) is 15.3 Å². The van der Waals surface area contributed by atoms with E-state index in [-0.39, 0.29) is 23.6 Å². The quantitative estimate of drug-likeness (QED) is 0.506. The van der Waals surface area contributed by atoms with Gasteiger partial charge in [0.1, 0.15) is 5.56 Å². The standard InChI is InChI=1S/C22H21ClN4O4/c1-3-15(24-16-7-5-6-8-17(16)25-18(28)4-2)19-20(29)26-22(31)27(21(19)30)14-11-9-13(23)10-12-14/h5-12,30H,3-4H2,1-2H3,(H,25,28)(H,26,29,31). The average molecular weight is 441 g/mol. The summed E-state index contributed by atoms with van der Waals surface area (Å²) >= 11 is 5.90. The van der Waals surface area contributed by atoms with Crippen LogP contribution in [0.2, 0.25) is 5.02 Å². The van der Waals surface area contributed by atoms with Gasteiger partial charge >= 0.3 is 5.69 Å². The Labute approximate surface area is 182 Å². The van der Waals surface area contributed by atoms with Gasteiger partial charge in [0.15, 0.2) is 0 Å². The number of nitrogens with one attached hydrogen (secondary N) is 2. The summed E-state index contributed by atoms with van der Waals surface area (Å²) in [5.74, 6) is -0.718. The molecular weight excluding hydrogens is 420 g/mol. The minimum absolute atomic E-state index is 0.131. The van der Waals surface area contributed by atoms with Crippen molar-refractivity contribution in [3.63, 3.8) is 0 Å². The molecule has 8 nitrogen and oxygen atoms in total. The highest BCUT2D eigenvalue weighted by Crippen LogP contribution is 2.27. The first kappa shape index (κ1) is 22.0. The fraction of sp³-hybridized carbons (Fsp3) is 0.182. The number of rotatable bonds is 6. The third-order valence-electron chi connectivity index (χ3n) is 4.55. The molecule has 0 radical (unpaired) electrons. The molecule has 1 heterocycles. The molecule has 9 heteroatoms. The molecular formula is C22H21ClN4O4. The maximum atomic E-state index is 12.6. The first-order chi connectivity index (χ1) is 14.8. The van der Waals surface area contributed by atoms with Gasteiger partial charge in [0.25, 0.3) is 5.56 Å². The number of aromatic nitrogens is 2. The Hall–Kier alpha value is -3.65. The van der Waals surface area contributed by atoms with Crippen molar-refractivity contribution in [1.29, 1.82) is 0 Å². The maximum Gasteiger partial charge on any atom is 0.335 e. The number of benzene rings is 2. The Bertz CT molecular complexity index is 1260. The van der Waals surface area contributed by atoms with Gasteiger partial charge in [-0.25, -0.2) is 9.36 Å². The van der Waals surface area contributed by atoms with Crippen molar-refractivity contribution in [2.75, 3.05) is 5.32 Å². The van der Waals surface area contributed by atoms with E-state index < -0.39 is 17.1 Å². The molecule has 1 aromatic heterocycles. The van der Waals surface area contributed by atoms with Crippen molar-refractivity contribution in [3.05, 3.63) is 80.0 Å². The van der Waals surface area contributed by atoms with Gasteiger partial charge in [0, 0.05) is 11.4 Å². The zero-order valence-corrected chi connectivity index (χ0v) is 17.7. The minimum atomic E-state index is -0.792. The number of aromatic hydroxyl groups is 1. The van der Waals surface area contributed by atoms with Crippen molar-refractivity contribution < 1.29 is 9.90 Å². The summed E-state index contributed by atoms with van der Waals surface area (Å²) in [4.78, 5) is 43.6. The molecule has 1 amide bonds. The van der Waals surface area contributed by atoms with Crippen LogP contribution < -0.4 is 16.6 Å². The minimum Gasteiger partial charge on any atom is -0.493 e.